The minimum absolute atomic E-state index is 0. The molecule has 4 heteroatoms. The molecule has 0 aliphatic heterocycles. The average Bonchev–Trinajstić information content (AvgIpc) is 2.24. The number of aliphatic hydroxyl groups is 1. The van der Waals surface area contributed by atoms with Crippen molar-refractivity contribution < 1.29 is 9.50 Å². The molecular weight excluding hydrogens is 241 g/mol. The summed E-state index contributed by atoms with van der Waals surface area (Å²) < 4.78 is 13.0. The monoisotopic (exact) mass is 261 g/mol. The van der Waals surface area contributed by atoms with E-state index in [1.807, 2.05) is 0 Å². The Labute approximate surface area is 108 Å². The van der Waals surface area contributed by atoms with Crippen LogP contribution in [-0.2, 0) is 0 Å². The normalized spacial score (nSPS) is 14.2. The third-order valence-electron chi connectivity index (χ3n) is 2.69. The zero-order chi connectivity index (χ0) is 12.1. The molecule has 0 aromatic heterocycles. The largest absolute Gasteiger partial charge is 0.391 e. The Kier molecular flexibility index (Phi) is 7.35. The lowest BCUT2D eigenvalue weighted by Crippen LogP contribution is -2.26. The van der Waals surface area contributed by atoms with Crippen LogP contribution in [0.3, 0.4) is 0 Å². The van der Waals surface area contributed by atoms with Crippen LogP contribution < -0.4 is 5.73 Å². The molecule has 0 bridgehead atoms. The highest BCUT2D eigenvalue weighted by atomic mass is 35.5. The predicted octanol–water partition coefficient (Wildman–Crippen LogP) is 3.04. The second-order valence-electron chi connectivity index (χ2n) is 4.62. The van der Waals surface area contributed by atoms with E-state index >= 15 is 0 Å². The number of aliphatic hydroxyl groups excluding tert-OH is 1. The summed E-state index contributed by atoms with van der Waals surface area (Å²) in [6.45, 7) is 4.20. The summed E-state index contributed by atoms with van der Waals surface area (Å²) in [6, 6.07) is 5.60. The summed E-state index contributed by atoms with van der Waals surface area (Å²) in [7, 11) is 0. The Hall–Kier alpha value is -0.640. The molecule has 3 N–H and O–H groups in total. The average molecular weight is 262 g/mol. The maximum atomic E-state index is 13.0. The molecule has 0 unspecified atom stereocenters. The Bertz CT molecular complexity index is 333. The first-order chi connectivity index (χ1) is 7.50. The third-order valence-corrected chi connectivity index (χ3v) is 2.69. The van der Waals surface area contributed by atoms with Crippen LogP contribution in [0.4, 0.5) is 4.39 Å². The van der Waals surface area contributed by atoms with Gasteiger partial charge in [0.25, 0.3) is 0 Å². The molecule has 0 aliphatic rings. The predicted molar refractivity (Wildman–Crippen MR) is 70.7 cm³/mol. The van der Waals surface area contributed by atoms with Gasteiger partial charge in [0.1, 0.15) is 5.82 Å². The Morgan fingerprint density at radius 2 is 1.94 bits per heavy atom. The van der Waals surface area contributed by atoms with E-state index in [0.717, 1.165) is 6.42 Å². The van der Waals surface area contributed by atoms with Gasteiger partial charge in [-0.15, -0.1) is 12.4 Å². The van der Waals surface area contributed by atoms with Gasteiger partial charge in [0.05, 0.1) is 12.1 Å². The Morgan fingerprint density at radius 3 is 2.47 bits per heavy atom. The van der Waals surface area contributed by atoms with Crippen molar-refractivity contribution >= 4 is 12.4 Å². The van der Waals surface area contributed by atoms with E-state index < -0.39 is 12.1 Å². The summed E-state index contributed by atoms with van der Waals surface area (Å²) in [4.78, 5) is 0. The minimum Gasteiger partial charge on any atom is -0.391 e. The van der Waals surface area contributed by atoms with Crippen molar-refractivity contribution in [2.45, 2.75) is 38.8 Å². The first kappa shape index (κ1) is 16.4. The van der Waals surface area contributed by atoms with Crippen molar-refractivity contribution in [3.8, 4) is 0 Å². The van der Waals surface area contributed by atoms with Crippen molar-refractivity contribution in [2.24, 2.45) is 11.7 Å². The lowest BCUT2D eigenvalue weighted by molar-refractivity contribution is 0.128. The van der Waals surface area contributed by atoms with Crippen LogP contribution in [0.25, 0.3) is 0 Å². The molecule has 0 saturated carbocycles. The summed E-state index contributed by atoms with van der Waals surface area (Å²) >= 11 is 0. The molecule has 1 rings (SSSR count). The van der Waals surface area contributed by atoms with Crippen LogP contribution >= 0.6 is 12.4 Å². The molecule has 0 aliphatic carbocycles. The molecular formula is C13H21ClFNO. The number of hydrogen-bond donors (Lipinski definition) is 2. The lowest BCUT2D eigenvalue weighted by atomic mass is 9.96. The van der Waals surface area contributed by atoms with Crippen molar-refractivity contribution in [1.82, 2.24) is 0 Å². The van der Waals surface area contributed by atoms with Gasteiger partial charge in [-0.05, 0) is 36.5 Å². The van der Waals surface area contributed by atoms with Gasteiger partial charge in [0.2, 0.25) is 0 Å². The van der Waals surface area contributed by atoms with E-state index in [2.05, 4.69) is 13.8 Å². The van der Waals surface area contributed by atoms with E-state index in [1.165, 1.54) is 12.1 Å². The molecule has 2 nitrogen and oxygen atoms in total. The molecule has 0 spiro atoms. The van der Waals surface area contributed by atoms with E-state index in [0.29, 0.717) is 17.9 Å². The fourth-order valence-corrected chi connectivity index (χ4v) is 1.62. The molecule has 0 amide bonds. The SMILES string of the molecule is CC(C)CC[C@@H](O)[C@@H](N)c1cccc(F)c1.Cl. The maximum absolute atomic E-state index is 13.0. The molecule has 17 heavy (non-hydrogen) atoms. The van der Waals surface area contributed by atoms with E-state index in [9.17, 15) is 9.50 Å². The molecule has 0 saturated heterocycles. The summed E-state index contributed by atoms with van der Waals surface area (Å²) in [5.74, 6) is 0.221. The van der Waals surface area contributed by atoms with Crippen molar-refractivity contribution in [3.63, 3.8) is 0 Å². The first-order valence-electron chi connectivity index (χ1n) is 5.70. The lowest BCUT2D eigenvalue weighted by Gasteiger charge is -2.20. The summed E-state index contributed by atoms with van der Waals surface area (Å²) in [5, 5.41) is 9.86. The fourth-order valence-electron chi connectivity index (χ4n) is 1.62. The van der Waals surface area contributed by atoms with Crippen molar-refractivity contribution in [2.75, 3.05) is 0 Å². The van der Waals surface area contributed by atoms with Gasteiger partial charge in [-0.2, -0.15) is 0 Å². The number of rotatable bonds is 5. The summed E-state index contributed by atoms with van der Waals surface area (Å²) in [6.07, 6.45) is 0.962. The smallest absolute Gasteiger partial charge is 0.123 e. The summed E-state index contributed by atoms with van der Waals surface area (Å²) in [5.41, 5.74) is 6.53. The van der Waals surface area contributed by atoms with Gasteiger partial charge < -0.3 is 10.8 Å². The molecule has 0 heterocycles. The van der Waals surface area contributed by atoms with E-state index in [4.69, 9.17) is 5.73 Å². The second-order valence-corrected chi connectivity index (χ2v) is 4.62. The minimum atomic E-state index is -0.607. The van der Waals surface area contributed by atoms with Crippen LogP contribution in [0.2, 0.25) is 0 Å². The van der Waals surface area contributed by atoms with Gasteiger partial charge in [0.15, 0.2) is 0 Å². The highest BCUT2D eigenvalue weighted by molar-refractivity contribution is 5.85. The highest BCUT2D eigenvalue weighted by Crippen LogP contribution is 2.19. The maximum Gasteiger partial charge on any atom is 0.123 e. The Balaban J connectivity index is 0.00000256. The van der Waals surface area contributed by atoms with Gasteiger partial charge >= 0.3 is 0 Å². The van der Waals surface area contributed by atoms with Crippen LogP contribution in [0.1, 0.15) is 38.3 Å². The number of halogens is 2. The van der Waals surface area contributed by atoms with Crippen molar-refractivity contribution in [3.05, 3.63) is 35.6 Å². The third kappa shape index (κ3) is 5.48. The number of benzene rings is 1. The Morgan fingerprint density at radius 1 is 1.29 bits per heavy atom. The number of nitrogens with two attached hydrogens (primary N) is 1. The van der Waals surface area contributed by atoms with Gasteiger partial charge in [-0.25, -0.2) is 4.39 Å². The van der Waals surface area contributed by atoms with Crippen molar-refractivity contribution in [1.29, 1.82) is 0 Å². The first-order valence-corrected chi connectivity index (χ1v) is 5.70. The molecule has 0 radical (unpaired) electrons. The van der Waals surface area contributed by atoms with Crippen LogP contribution in [0.15, 0.2) is 24.3 Å². The highest BCUT2D eigenvalue weighted by Gasteiger charge is 2.17. The zero-order valence-electron chi connectivity index (χ0n) is 10.3. The zero-order valence-corrected chi connectivity index (χ0v) is 11.1. The van der Waals surface area contributed by atoms with E-state index in [-0.39, 0.29) is 18.2 Å². The fraction of sp³-hybridized carbons (Fsp3) is 0.538. The van der Waals surface area contributed by atoms with Crippen LogP contribution in [0, 0.1) is 11.7 Å². The molecule has 0 fully saturated rings. The van der Waals surface area contributed by atoms with Crippen LogP contribution in [0.5, 0.6) is 0 Å². The molecule has 98 valence electrons. The standard InChI is InChI=1S/C13H20FNO.ClH/c1-9(2)6-7-12(16)13(15)10-4-3-5-11(14)8-10;/h3-5,8-9,12-13,16H,6-7,15H2,1-2H3;1H/t12-,13+;/m1./s1. The van der Waals surface area contributed by atoms with E-state index in [1.54, 1.807) is 12.1 Å². The molecule has 2 atom stereocenters. The van der Waals surface area contributed by atoms with Gasteiger partial charge in [-0.1, -0.05) is 26.0 Å². The molecule has 1 aromatic carbocycles. The number of hydrogen-bond acceptors (Lipinski definition) is 2. The molecule has 1 aromatic rings. The quantitative estimate of drug-likeness (QED) is 0.856. The van der Waals surface area contributed by atoms with Gasteiger partial charge in [0, 0.05) is 0 Å². The second kappa shape index (κ2) is 7.64. The van der Waals surface area contributed by atoms with Crippen LogP contribution in [-0.4, -0.2) is 11.2 Å². The topological polar surface area (TPSA) is 46.2 Å². The van der Waals surface area contributed by atoms with Gasteiger partial charge in [-0.3, -0.25) is 0 Å².